The Bertz CT molecular complexity index is 1110. The van der Waals surface area contributed by atoms with E-state index >= 15 is 0 Å². The van der Waals surface area contributed by atoms with Gasteiger partial charge in [0.15, 0.2) is 0 Å². The topological polar surface area (TPSA) is 115 Å². The number of nitrogens with one attached hydrogen (secondary N) is 1. The predicted octanol–water partition coefficient (Wildman–Crippen LogP) is 3.16. The number of nitrogens with zero attached hydrogens (tertiary/aromatic N) is 5. The van der Waals surface area contributed by atoms with Crippen LogP contribution in [0.25, 0.3) is 0 Å². The van der Waals surface area contributed by atoms with Crippen LogP contribution in [-0.2, 0) is 17.2 Å². The molecule has 8 nitrogen and oxygen atoms in total. The summed E-state index contributed by atoms with van der Waals surface area (Å²) in [6, 6.07) is 2.35. The zero-order chi connectivity index (χ0) is 23.0. The molecule has 0 bridgehead atoms. The molecule has 0 aromatic carbocycles. The smallest absolute Gasteiger partial charge is 0.149 e. The Morgan fingerprint density at radius 1 is 1.27 bits per heavy atom. The first-order chi connectivity index (χ1) is 16.0. The largest absolute Gasteiger partial charge is 0.394 e. The Labute approximate surface area is 200 Å². The number of anilines is 2. The van der Waals surface area contributed by atoms with Gasteiger partial charge in [0.1, 0.15) is 23.3 Å². The molecule has 1 unspecified atom stereocenters. The van der Waals surface area contributed by atoms with Crippen LogP contribution in [0.1, 0.15) is 61.5 Å². The van der Waals surface area contributed by atoms with Gasteiger partial charge < -0.3 is 15.3 Å². The molecule has 2 N–H and O–H groups in total. The second kappa shape index (κ2) is 9.16. The Kier molecular flexibility index (Phi) is 6.25. The lowest BCUT2D eigenvalue weighted by atomic mass is 9.77. The molecule has 3 aliphatic rings. The molecule has 2 aromatic rings. The molecule has 1 saturated carbocycles. The quantitative estimate of drug-likeness (QED) is 0.662. The molecule has 2 aromatic heterocycles. The summed E-state index contributed by atoms with van der Waals surface area (Å²) in [6.45, 7) is 1.49. The molecule has 2 aliphatic heterocycles. The highest BCUT2D eigenvalue weighted by atomic mass is 35.5. The van der Waals surface area contributed by atoms with Crippen LogP contribution in [0.2, 0.25) is 5.02 Å². The first-order valence-corrected chi connectivity index (χ1v) is 13.2. The van der Waals surface area contributed by atoms with E-state index < -0.39 is 16.3 Å². The van der Waals surface area contributed by atoms with Gasteiger partial charge in [0.25, 0.3) is 0 Å². The summed E-state index contributed by atoms with van der Waals surface area (Å²) in [5.74, 6) is 2.21. The monoisotopic (exact) mass is 486 g/mol. The van der Waals surface area contributed by atoms with Crippen LogP contribution in [0.4, 0.5) is 11.5 Å². The molecule has 0 radical (unpaired) electrons. The van der Waals surface area contributed by atoms with Crippen molar-refractivity contribution >= 4 is 33.9 Å². The molecular formula is C23H27ClN6O2S. The number of nitriles is 1. The van der Waals surface area contributed by atoms with Gasteiger partial charge in [0, 0.05) is 43.6 Å². The number of hydrogen-bond acceptors (Lipinski definition) is 8. The van der Waals surface area contributed by atoms with E-state index in [-0.39, 0.29) is 12.5 Å². The van der Waals surface area contributed by atoms with Crippen LogP contribution in [0.5, 0.6) is 0 Å². The number of aliphatic hydroxyl groups is 1. The SMILES string of the molecule is N#Cc1c(N2CCCC(c3ncc(Cl)cn3)CC2)nc2c(c1NC1(CO)CCC1)[S@@](=O)CC2. The summed E-state index contributed by atoms with van der Waals surface area (Å²) in [5.41, 5.74) is 1.41. The molecule has 33 heavy (non-hydrogen) atoms. The van der Waals surface area contributed by atoms with E-state index in [1.807, 2.05) is 0 Å². The maximum Gasteiger partial charge on any atom is 0.149 e. The van der Waals surface area contributed by atoms with E-state index in [2.05, 4.69) is 26.3 Å². The molecule has 1 aliphatic carbocycles. The molecule has 10 heteroatoms. The van der Waals surface area contributed by atoms with E-state index in [1.165, 1.54) is 0 Å². The fraction of sp³-hybridized carbons (Fsp3) is 0.565. The number of pyridine rings is 1. The highest BCUT2D eigenvalue weighted by molar-refractivity contribution is 7.85. The van der Waals surface area contributed by atoms with Crippen molar-refractivity contribution in [1.82, 2.24) is 15.0 Å². The number of rotatable bonds is 5. The van der Waals surface area contributed by atoms with Crippen molar-refractivity contribution in [3.05, 3.63) is 34.5 Å². The van der Waals surface area contributed by atoms with Crippen molar-refractivity contribution < 1.29 is 9.32 Å². The lowest BCUT2D eigenvalue weighted by Crippen LogP contribution is -2.48. The fourth-order valence-electron chi connectivity index (χ4n) is 5.06. The Hall–Kier alpha value is -2.28. The normalized spacial score (nSPS) is 23.8. The van der Waals surface area contributed by atoms with E-state index in [9.17, 15) is 14.6 Å². The minimum absolute atomic E-state index is 0.0105. The number of fused-ring (bicyclic) bond motifs is 1. The third kappa shape index (κ3) is 4.20. The molecule has 5 rings (SSSR count). The predicted molar refractivity (Wildman–Crippen MR) is 127 cm³/mol. The van der Waals surface area contributed by atoms with Gasteiger partial charge in [-0.25, -0.2) is 15.0 Å². The maximum atomic E-state index is 12.8. The summed E-state index contributed by atoms with van der Waals surface area (Å²) in [4.78, 5) is 16.5. The number of halogens is 1. The molecule has 4 heterocycles. The minimum Gasteiger partial charge on any atom is -0.394 e. The zero-order valence-corrected chi connectivity index (χ0v) is 20.0. The first-order valence-electron chi connectivity index (χ1n) is 11.5. The van der Waals surface area contributed by atoms with E-state index in [4.69, 9.17) is 16.6 Å². The van der Waals surface area contributed by atoms with Crippen molar-refractivity contribution in [3.8, 4) is 6.07 Å². The molecule has 1 saturated heterocycles. The van der Waals surface area contributed by atoms with Crippen LogP contribution in [0.15, 0.2) is 17.3 Å². The number of aromatic nitrogens is 3. The number of aryl methyl sites for hydroxylation is 1. The van der Waals surface area contributed by atoms with Gasteiger partial charge in [-0.15, -0.1) is 0 Å². The molecule has 0 spiro atoms. The van der Waals surface area contributed by atoms with E-state index in [1.54, 1.807) is 12.4 Å². The highest BCUT2D eigenvalue weighted by Gasteiger charge is 2.40. The van der Waals surface area contributed by atoms with Gasteiger partial charge in [0.2, 0.25) is 0 Å². The number of hydrogen-bond donors (Lipinski definition) is 2. The van der Waals surface area contributed by atoms with Gasteiger partial charge in [-0.05, 0) is 38.5 Å². The lowest BCUT2D eigenvalue weighted by molar-refractivity contribution is 0.144. The Morgan fingerprint density at radius 2 is 2.06 bits per heavy atom. The zero-order valence-electron chi connectivity index (χ0n) is 18.4. The highest BCUT2D eigenvalue weighted by Crippen LogP contribution is 2.43. The van der Waals surface area contributed by atoms with Crippen molar-refractivity contribution in [2.75, 3.05) is 35.7 Å². The van der Waals surface area contributed by atoms with Crippen molar-refractivity contribution in [1.29, 1.82) is 5.26 Å². The second-order valence-corrected chi connectivity index (χ2v) is 11.1. The third-order valence-electron chi connectivity index (χ3n) is 7.10. The minimum atomic E-state index is -1.19. The average Bonchev–Trinajstić information content (AvgIpc) is 3.01. The first kappa shape index (κ1) is 22.5. The average molecular weight is 487 g/mol. The molecule has 2 atom stereocenters. The number of aliphatic hydroxyl groups excluding tert-OH is 1. The van der Waals surface area contributed by atoms with Gasteiger partial charge in [0.05, 0.1) is 44.2 Å². The summed E-state index contributed by atoms with van der Waals surface area (Å²) in [6.07, 6.45) is 9.33. The van der Waals surface area contributed by atoms with Crippen molar-refractivity contribution in [2.45, 2.75) is 61.3 Å². The van der Waals surface area contributed by atoms with Crippen molar-refractivity contribution in [2.24, 2.45) is 0 Å². The summed E-state index contributed by atoms with van der Waals surface area (Å²) < 4.78 is 12.8. The van der Waals surface area contributed by atoms with Crippen molar-refractivity contribution in [3.63, 3.8) is 0 Å². The Balaban J connectivity index is 1.48. The summed E-state index contributed by atoms with van der Waals surface area (Å²) in [5, 5.41) is 24.2. The van der Waals surface area contributed by atoms with Gasteiger partial charge in [-0.3, -0.25) is 4.21 Å². The van der Waals surface area contributed by atoms with Crippen LogP contribution < -0.4 is 10.2 Å². The van der Waals surface area contributed by atoms with Crippen LogP contribution >= 0.6 is 11.6 Å². The van der Waals surface area contributed by atoms with E-state index in [0.29, 0.717) is 39.2 Å². The second-order valence-electron chi connectivity index (χ2n) is 9.16. The van der Waals surface area contributed by atoms with E-state index in [0.717, 1.165) is 63.1 Å². The van der Waals surface area contributed by atoms with Crippen LogP contribution in [-0.4, -0.2) is 55.3 Å². The van der Waals surface area contributed by atoms with Gasteiger partial charge >= 0.3 is 0 Å². The third-order valence-corrected chi connectivity index (χ3v) is 8.77. The molecule has 0 amide bonds. The molecule has 174 valence electrons. The van der Waals surface area contributed by atoms with Crippen LogP contribution in [0.3, 0.4) is 0 Å². The molecule has 2 fully saturated rings. The summed E-state index contributed by atoms with van der Waals surface area (Å²) in [7, 11) is -1.19. The molecular weight excluding hydrogens is 460 g/mol. The Morgan fingerprint density at radius 3 is 2.73 bits per heavy atom. The fourth-order valence-corrected chi connectivity index (χ4v) is 6.53. The maximum absolute atomic E-state index is 12.8. The lowest BCUT2D eigenvalue weighted by Gasteiger charge is -2.42. The van der Waals surface area contributed by atoms with Crippen LogP contribution in [0, 0.1) is 11.3 Å². The van der Waals surface area contributed by atoms with Gasteiger partial charge in [-0.2, -0.15) is 5.26 Å². The standard InChI is InChI=1S/C23H27ClN6O2S/c24-16-12-26-21(27-13-16)15-3-1-8-30(9-4-15)22-17(11-25)19(29-23(14-31)6-2-7-23)20-18(28-22)5-10-33(20)32/h12-13,15,31H,1-10,14H2,(H,28,29)/t15?,33-/m0/s1. The van der Waals surface area contributed by atoms with Gasteiger partial charge in [-0.1, -0.05) is 11.6 Å². The summed E-state index contributed by atoms with van der Waals surface area (Å²) >= 11 is 5.95.